The monoisotopic (exact) mass is 1900 g/mol. The van der Waals surface area contributed by atoms with E-state index in [2.05, 4.69) is 369 Å². The molecule has 20 aromatic rings. The molecular formula is C106H146N34. The van der Waals surface area contributed by atoms with Crippen molar-refractivity contribution in [2.45, 2.75) is 309 Å². The SMILES string of the molecule is CC(C)(C)N1CCCCC1.CC(C)(C)n1cc2ccccc2n1.CC(C)(C)n1cc2cccnc2n1.CC(C)(C)n1cc2ccncc2n1.CC(C)(C)n1nc2ccccc2n1.CC(C)(C)n1nc2cccnc2n1.CC(C)(C)n1nnc2ccccc21.CC(C)(C)n1nnc2ccccc21.CC(C)(C)n1nnc2cccnc21.CC(C)(C)n1nnc2cnccc21.CC(C)(C)n1nnc2ncccc21. The van der Waals surface area contributed by atoms with Gasteiger partial charge in [-0.05, 0) is 358 Å². The molecule has 21 rings (SSSR count). The molecule has 34 nitrogen and oxygen atoms in total. The molecule has 17 heterocycles. The van der Waals surface area contributed by atoms with E-state index in [-0.39, 0.29) is 55.4 Å². The van der Waals surface area contributed by atoms with Gasteiger partial charge < -0.3 is 0 Å². The number of pyridine rings is 6. The summed E-state index contributed by atoms with van der Waals surface area (Å²) in [5.74, 6) is 0. The minimum absolute atomic E-state index is 0.00387. The van der Waals surface area contributed by atoms with E-state index in [0.717, 1.165) is 93.8 Å². The third-order valence-corrected chi connectivity index (χ3v) is 21.6. The Kier molecular flexibility index (Phi) is 33.1. The number of hydrogen-bond acceptors (Lipinski definition) is 24. The van der Waals surface area contributed by atoms with E-state index in [1.807, 2.05) is 195 Å². The number of para-hydroxylation sites is 2. The van der Waals surface area contributed by atoms with Crippen molar-refractivity contribution in [1.29, 1.82) is 0 Å². The number of fused-ring (bicyclic) bond motifs is 10. The van der Waals surface area contributed by atoms with E-state index in [1.54, 1.807) is 59.2 Å². The number of rotatable bonds is 0. The molecule has 0 aliphatic carbocycles. The molecule has 0 bridgehead atoms. The van der Waals surface area contributed by atoms with Crippen LogP contribution < -0.4 is 0 Å². The first-order valence-electron chi connectivity index (χ1n) is 47.8. The zero-order valence-corrected chi connectivity index (χ0v) is 88.6. The lowest BCUT2D eigenvalue weighted by Crippen LogP contribution is -2.44. The number of hydrogen-bond donors (Lipinski definition) is 0. The predicted octanol–water partition coefficient (Wildman–Crippen LogP) is 22.3. The highest BCUT2D eigenvalue weighted by Crippen LogP contribution is 2.28. The molecule has 0 amide bonds. The van der Waals surface area contributed by atoms with E-state index in [1.165, 1.54) is 37.7 Å². The normalized spacial score (nSPS) is 13.0. The summed E-state index contributed by atoms with van der Waals surface area (Å²) in [6, 6.07) is 51.4. The van der Waals surface area contributed by atoms with Crippen LogP contribution in [-0.2, 0) is 55.4 Å². The van der Waals surface area contributed by atoms with Gasteiger partial charge in [0, 0.05) is 77.5 Å². The Morgan fingerprint density at radius 2 is 0.557 bits per heavy atom. The molecule has 0 radical (unpaired) electrons. The van der Waals surface area contributed by atoms with Gasteiger partial charge in [-0.15, -0.1) is 30.6 Å². The number of likely N-dealkylation sites (tertiary alicyclic amines) is 1. The van der Waals surface area contributed by atoms with Crippen LogP contribution in [0.25, 0.3) is 110 Å². The first-order chi connectivity index (χ1) is 65.4. The minimum atomic E-state index is -0.0826. The minimum Gasteiger partial charge on any atom is -0.298 e. The van der Waals surface area contributed by atoms with Crippen LogP contribution >= 0.6 is 0 Å². The quantitative estimate of drug-likeness (QED) is 0.136. The number of nitrogens with zero attached hydrogens (tertiary/aromatic N) is 34. The zero-order chi connectivity index (χ0) is 102. The van der Waals surface area contributed by atoms with Gasteiger partial charge in [0.25, 0.3) is 0 Å². The lowest BCUT2D eigenvalue weighted by molar-refractivity contribution is 0.111. The Balaban J connectivity index is 0.000000147. The zero-order valence-electron chi connectivity index (χ0n) is 88.6. The Hall–Kier alpha value is -14.1. The predicted molar refractivity (Wildman–Crippen MR) is 564 cm³/mol. The third kappa shape index (κ3) is 28.8. The van der Waals surface area contributed by atoms with Gasteiger partial charge in [-0.2, -0.15) is 40.2 Å². The first kappa shape index (κ1) is 106. The Morgan fingerprint density at radius 1 is 0.214 bits per heavy atom. The summed E-state index contributed by atoms with van der Waals surface area (Å²) in [6.07, 6.45) is 24.5. The highest BCUT2D eigenvalue weighted by molar-refractivity contribution is 5.80. The fraction of sp³-hybridized carbons (Fsp3) is 0.462. The molecule has 0 atom stereocenters. The number of piperidine rings is 1. The van der Waals surface area contributed by atoms with Crippen LogP contribution in [0.3, 0.4) is 0 Å². The summed E-state index contributed by atoms with van der Waals surface area (Å²) in [6.45, 7) is 72.7. The van der Waals surface area contributed by atoms with Crippen molar-refractivity contribution in [3.05, 3.63) is 226 Å². The van der Waals surface area contributed by atoms with Crippen LogP contribution in [0.2, 0.25) is 0 Å². The van der Waals surface area contributed by atoms with Crippen molar-refractivity contribution in [1.82, 2.24) is 169 Å². The van der Waals surface area contributed by atoms with Gasteiger partial charge in [0.15, 0.2) is 11.3 Å². The standard InChI is InChI=1S/C11H14N2.5C10H13N3.4C9H12N4.C9H19N/c1-11(2,3)13-8-9-6-4-5-7-10(9)12-13;1-10(2,3)13-7-8-4-5-11-6-9(8)12-13;1-10(2,3)13-7-8-5-4-6-11-9(8)12-13;2*1-10(2,3)13-9-7-5-4-6-8(9)11-12-13;1-10(2,3)13-11-8-6-4-5-7-9(8)12-13;1-9(2,3)13-8-4-5-10-6-7(8)11-12-13;1-9(2,3)13-7-5-4-6-10-8(7)11-12-13;1-9(2,3)13-8-7(11-12-13)5-4-6-10-8;1-9(2,3)13-11-7-5-4-6-10-8(7)12-13;1-9(2,3)10-7-5-4-6-8-10/h4-8H,1-3H3;5*4-7H,1-3H3;4*4-6H,1-3H3;4-8H2,1-3H3. The Morgan fingerprint density at radius 3 is 1.03 bits per heavy atom. The van der Waals surface area contributed by atoms with E-state index in [9.17, 15) is 0 Å². The second kappa shape index (κ2) is 43.6. The van der Waals surface area contributed by atoms with Gasteiger partial charge in [-0.3, -0.25) is 28.9 Å². The van der Waals surface area contributed by atoms with Gasteiger partial charge in [0.05, 0.1) is 89.8 Å². The van der Waals surface area contributed by atoms with Crippen LogP contribution in [0.1, 0.15) is 248 Å². The maximum Gasteiger partial charge on any atom is 0.201 e. The van der Waals surface area contributed by atoms with Gasteiger partial charge in [0.2, 0.25) is 11.3 Å². The summed E-state index contributed by atoms with van der Waals surface area (Å²) in [7, 11) is 0. The first-order valence-corrected chi connectivity index (χ1v) is 47.8. The Labute approximate surface area is 822 Å². The van der Waals surface area contributed by atoms with Gasteiger partial charge in [-0.25, -0.2) is 43.3 Å². The summed E-state index contributed by atoms with van der Waals surface area (Å²) >= 11 is 0. The summed E-state index contributed by atoms with van der Waals surface area (Å²) in [5, 5.41) is 74.9. The number of benzene rings is 4. The van der Waals surface area contributed by atoms with Crippen LogP contribution in [0.5, 0.6) is 0 Å². The van der Waals surface area contributed by atoms with Crippen LogP contribution in [0, 0.1) is 0 Å². The van der Waals surface area contributed by atoms with Crippen molar-refractivity contribution >= 4 is 110 Å². The lowest BCUT2D eigenvalue weighted by Gasteiger charge is -2.38. The molecule has 0 saturated carbocycles. The smallest absolute Gasteiger partial charge is 0.201 e. The maximum atomic E-state index is 4.50. The van der Waals surface area contributed by atoms with E-state index in [0.29, 0.717) is 16.8 Å². The lowest BCUT2D eigenvalue weighted by atomic mass is 10.0. The van der Waals surface area contributed by atoms with Crippen molar-refractivity contribution < 1.29 is 0 Å². The largest absolute Gasteiger partial charge is 0.298 e. The summed E-state index contributed by atoms with van der Waals surface area (Å²) in [5.41, 5.74) is 15.9. The maximum absolute atomic E-state index is 4.50. The summed E-state index contributed by atoms with van der Waals surface area (Å²) < 4.78 is 15.5. The molecule has 4 aromatic carbocycles. The second-order valence-electron chi connectivity index (χ2n) is 45.4. The molecule has 1 aliphatic rings. The molecule has 140 heavy (non-hydrogen) atoms. The van der Waals surface area contributed by atoms with Crippen molar-refractivity contribution in [2.75, 3.05) is 13.1 Å². The fourth-order valence-corrected chi connectivity index (χ4v) is 14.0. The molecular weight excluding hydrogens is 1750 g/mol. The van der Waals surface area contributed by atoms with Gasteiger partial charge >= 0.3 is 0 Å². The molecule has 34 heteroatoms. The van der Waals surface area contributed by atoms with Crippen molar-refractivity contribution in [3.63, 3.8) is 0 Å². The molecule has 1 saturated heterocycles. The highest BCUT2D eigenvalue weighted by Gasteiger charge is 2.27. The van der Waals surface area contributed by atoms with Crippen LogP contribution in [0.4, 0.5) is 0 Å². The van der Waals surface area contributed by atoms with Gasteiger partial charge in [0.1, 0.15) is 49.7 Å². The topological polar surface area (TPSA) is 349 Å². The molecule has 0 spiro atoms. The average molecular weight is 1900 g/mol. The average Bonchev–Trinajstić information content (AvgIpc) is 1.65. The summed E-state index contributed by atoms with van der Waals surface area (Å²) in [4.78, 5) is 30.7. The molecule has 1 fully saturated rings. The van der Waals surface area contributed by atoms with Crippen LogP contribution in [0.15, 0.2) is 226 Å². The van der Waals surface area contributed by atoms with E-state index in [4.69, 9.17) is 0 Å². The van der Waals surface area contributed by atoms with Crippen LogP contribution in [-0.4, -0.2) is 188 Å². The molecule has 740 valence electrons. The third-order valence-electron chi connectivity index (χ3n) is 21.6. The van der Waals surface area contributed by atoms with Crippen molar-refractivity contribution in [2.24, 2.45) is 0 Å². The molecule has 0 unspecified atom stereocenters. The Bertz CT molecular complexity index is 6120. The second-order valence-corrected chi connectivity index (χ2v) is 45.4. The fourth-order valence-electron chi connectivity index (χ4n) is 14.0. The highest BCUT2D eigenvalue weighted by atomic mass is 15.5. The molecule has 1 aliphatic heterocycles. The molecule has 16 aromatic heterocycles. The van der Waals surface area contributed by atoms with E-state index < -0.39 is 0 Å². The van der Waals surface area contributed by atoms with Gasteiger partial charge in [-0.1, -0.05) is 87.1 Å². The van der Waals surface area contributed by atoms with Crippen molar-refractivity contribution in [3.8, 4) is 0 Å². The number of aromatic nitrogens is 33. The molecule has 0 N–H and O–H groups in total. The van der Waals surface area contributed by atoms with E-state index >= 15 is 0 Å².